The molecular weight excluding hydrogens is 609 g/mol. The number of primary amides is 1. The van der Waals surface area contributed by atoms with Gasteiger partial charge in [0.05, 0.1) is 48.1 Å². The lowest BCUT2D eigenvalue weighted by molar-refractivity contribution is -0.136. The Bertz CT molecular complexity index is 1730. The zero-order valence-electron chi connectivity index (χ0n) is 24.5. The third-order valence-corrected chi connectivity index (χ3v) is 10.0. The Morgan fingerprint density at radius 1 is 1.07 bits per heavy atom. The molecule has 6 atom stereocenters. The fraction of sp³-hybridized carbons (Fsp3) is 0.344. The smallest absolute Gasteiger partial charge is 0.328 e. The Morgan fingerprint density at radius 2 is 1.73 bits per heavy atom. The molecule has 1 saturated carbocycles. The van der Waals surface area contributed by atoms with Gasteiger partial charge in [-0.2, -0.15) is 4.90 Å². The molecule has 13 heteroatoms. The fourth-order valence-electron chi connectivity index (χ4n) is 7.52. The molecule has 6 amide bonds. The summed E-state index contributed by atoms with van der Waals surface area (Å²) in [7, 11) is 2.77. The minimum Gasteiger partial charge on any atom is -0.502 e. The molecule has 2 saturated heterocycles. The number of carbonyl (C=O) groups excluding carboxylic acids is 5. The number of phenols is 1. The molecule has 45 heavy (non-hydrogen) atoms. The van der Waals surface area contributed by atoms with E-state index in [1.54, 1.807) is 31.2 Å². The zero-order valence-corrected chi connectivity index (χ0v) is 25.2. The van der Waals surface area contributed by atoms with Crippen LogP contribution in [0.1, 0.15) is 25.3 Å². The van der Waals surface area contributed by atoms with E-state index in [2.05, 4.69) is 0 Å². The van der Waals surface area contributed by atoms with Gasteiger partial charge >= 0.3 is 6.03 Å². The van der Waals surface area contributed by atoms with Crippen LogP contribution in [0.15, 0.2) is 48.1 Å². The number of nitrogens with zero attached hydrogens (tertiary/aromatic N) is 2. The van der Waals surface area contributed by atoms with Crippen LogP contribution in [0.4, 0.5) is 14.9 Å². The molecule has 3 fully saturated rings. The van der Waals surface area contributed by atoms with Gasteiger partial charge in [-0.25, -0.2) is 14.1 Å². The lowest BCUT2D eigenvalue weighted by atomic mass is 9.52. The van der Waals surface area contributed by atoms with Crippen molar-refractivity contribution in [2.24, 2.45) is 40.7 Å². The van der Waals surface area contributed by atoms with E-state index in [4.69, 9.17) is 26.8 Å². The number of hydrogen-bond acceptors (Lipinski definition) is 8. The second-order valence-electron chi connectivity index (χ2n) is 11.8. The number of amides is 6. The van der Waals surface area contributed by atoms with Crippen molar-refractivity contribution in [2.45, 2.75) is 19.8 Å². The van der Waals surface area contributed by atoms with Crippen molar-refractivity contribution in [3.63, 3.8) is 0 Å². The molecule has 0 unspecified atom stereocenters. The average Bonchev–Trinajstić information content (AvgIpc) is 3.38. The van der Waals surface area contributed by atoms with E-state index in [1.165, 1.54) is 26.4 Å². The number of imide groups is 4. The van der Waals surface area contributed by atoms with E-state index >= 15 is 0 Å². The second-order valence-corrected chi connectivity index (χ2v) is 12.2. The van der Waals surface area contributed by atoms with Crippen LogP contribution in [0.5, 0.6) is 17.2 Å². The standard InChI is InChI=1S/C32H29ClFN3O8/c1-32-19(8-4-14-10-23(44-2)26(38)24(11-14)45-3)16-6-7-17-25(29(41)37(27(17)39)31(35)43)18(16)13-20(32)28(40)36(30(32)42)15-5-9-22(34)21(33)12-15/h4-6,8-12,17-20,25,38H,7,13H2,1-3H3,(H2,35,43)/t17-,18+,19-,20-,25-,32-/m0/s1. The summed E-state index contributed by atoms with van der Waals surface area (Å²) in [6.07, 6.45) is 5.44. The predicted octanol–water partition coefficient (Wildman–Crippen LogP) is 4.06. The van der Waals surface area contributed by atoms with Gasteiger partial charge in [0.1, 0.15) is 5.82 Å². The Morgan fingerprint density at radius 3 is 2.33 bits per heavy atom. The summed E-state index contributed by atoms with van der Waals surface area (Å²) < 4.78 is 24.6. The largest absolute Gasteiger partial charge is 0.502 e. The minimum atomic E-state index is -1.36. The number of likely N-dealkylation sites (tertiary alicyclic amines) is 1. The van der Waals surface area contributed by atoms with Gasteiger partial charge in [0.2, 0.25) is 29.4 Å². The lowest BCUT2D eigenvalue weighted by Crippen LogP contribution is -2.49. The third-order valence-electron chi connectivity index (χ3n) is 9.71. The quantitative estimate of drug-likeness (QED) is 0.367. The summed E-state index contributed by atoms with van der Waals surface area (Å²) in [6.45, 7) is 1.68. The van der Waals surface area contributed by atoms with Gasteiger partial charge in [-0.05, 0) is 61.6 Å². The number of fused-ring (bicyclic) bond motifs is 4. The molecule has 234 valence electrons. The van der Waals surface area contributed by atoms with Crippen molar-refractivity contribution in [3.8, 4) is 17.2 Å². The van der Waals surface area contributed by atoms with E-state index in [1.807, 2.05) is 6.08 Å². The van der Waals surface area contributed by atoms with Gasteiger partial charge in [0, 0.05) is 5.92 Å². The number of nitrogens with two attached hydrogens (primary N) is 1. The number of halogens is 2. The number of hydrogen-bond donors (Lipinski definition) is 2. The monoisotopic (exact) mass is 637 g/mol. The number of methoxy groups -OCH3 is 2. The molecule has 11 nitrogen and oxygen atoms in total. The highest BCUT2D eigenvalue weighted by Crippen LogP contribution is 2.61. The van der Waals surface area contributed by atoms with Crippen molar-refractivity contribution in [1.29, 1.82) is 0 Å². The van der Waals surface area contributed by atoms with Crippen molar-refractivity contribution >= 4 is 53.0 Å². The van der Waals surface area contributed by atoms with E-state index in [-0.39, 0.29) is 40.8 Å². The Hall–Kier alpha value is -4.71. The molecular formula is C32H29ClFN3O8. The Balaban J connectivity index is 1.49. The fourth-order valence-corrected chi connectivity index (χ4v) is 7.70. The zero-order chi connectivity index (χ0) is 32.5. The topological polar surface area (TPSA) is 157 Å². The predicted molar refractivity (Wildman–Crippen MR) is 158 cm³/mol. The molecule has 2 aliphatic heterocycles. The molecule has 2 aromatic carbocycles. The molecule has 2 heterocycles. The Kier molecular flexibility index (Phi) is 7.23. The van der Waals surface area contributed by atoms with E-state index in [0.717, 1.165) is 11.0 Å². The highest BCUT2D eigenvalue weighted by atomic mass is 35.5. The van der Waals surface area contributed by atoms with Crippen LogP contribution in [0, 0.1) is 40.8 Å². The SMILES string of the molecule is COc1cc(C=C[C@H]2C3=CC[C@@H]4C(=O)N(C(N)=O)C(=O)[C@@H]4[C@@H]3C[C@H]3C(=O)N(c4ccc(F)c(Cl)c4)C(=O)[C@@]23C)cc(OC)c1O. The molecule has 0 radical (unpaired) electrons. The summed E-state index contributed by atoms with van der Waals surface area (Å²) in [5.74, 6) is -7.27. The second kappa shape index (κ2) is 10.7. The molecule has 2 aliphatic carbocycles. The summed E-state index contributed by atoms with van der Waals surface area (Å²) in [5.41, 5.74) is 5.35. The van der Waals surface area contributed by atoms with Crippen molar-refractivity contribution in [1.82, 2.24) is 4.90 Å². The first kappa shape index (κ1) is 30.3. The number of anilines is 1. The summed E-state index contributed by atoms with van der Waals surface area (Å²) in [6, 6.07) is 5.54. The molecule has 0 aromatic heterocycles. The van der Waals surface area contributed by atoms with Crippen LogP contribution in [0.2, 0.25) is 5.02 Å². The van der Waals surface area contributed by atoms with Gasteiger partial charge in [0.15, 0.2) is 11.5 Å². The molecule has 0 bridgehead atoms. The first-order chi connectivity index (χ1) is 21.3. The minimum absolute atomic E-state index is 0.0519. The maximum absolute atomic E-state index is 14.3. The molecule has 4 aliphatic rings. The Labute approximate surface area is 262 Å². The van der Waals surface area contributed by atoms with Crippen LogP contribution in [-0.2, 0) is 19.2 Å². The van der Waals surface area contributed by atoms with Crippen LogP contribution in [-0.4, -0.2) is 53.9 Å². The maximum atomic E-state index is 14.3. The number of urea groups is 1. The number of rotatable bonds is 5. The number of carbonyl (C=O) groups is 5. The lowest BCUT2D eigenvalue weighted by Gasteiger charge is -2.47. The molecule has 6 rings (SSSR count). The van der Waals surface area contributed by atoms with E-state index in [0.29, 0.717) is 16.0 Å². The highest BCUT2D eigenvalue weighted by molar-refractivity contribution is 6.31. The van der Waals surface area contributed by atoms with Crippen LogP contribution in [0.3, 0.4) is 0 Å². The normalized spacial score (nSPS) is 29.1. The van der Waals surface area contributed by atoms with Gasteiger partial charge in [0.25, 0.3) is 0 Å². The number of aromatic hydroxyl groups is 1. The third kappa shape index (κ3) is 4.33. The first-order valence-corrected chi connectivity index (χ1v) is 14.6. The number of ether oxygens (including phenoxy) is 2. The van der Waals surface area contributed by atoms with Crippen LogP contribution >= 0.6 is 11.6 Å². The molecule has 3 N–H and O–H groups in total. The van der Waals surface area contributed by atoms with Gasteiger partial charge in [-0.15, -0.1) is 0 Å². The summed E-state index contributed by atoms with van der Waals surface area (Å²) in [4.78, 5) is 68.5. The van der Waals surface area contributed by atoms with E-state index < -0.39 is 70.5 Å². The molecule has 0 spiro atoms. The summed E-state index contributed by atoms with van der Waals surface area (Å²) >= 11 is 6.02. The number of benzene rings is 2. The maximum Gasteiger partial charge on any atom is 0.328 e. The number of allylic oxidation sites excluding steroid dienone is 3. The first-order valence-electron chi connectivity index (χ1n) is 14.2. The van der Waals surface area contributed by atoms with Crippen molar-refractivity contribution in [2.75, 3.05) is 19.1 Å². The number of phenolic OH excluding ortho intramolecular Hbond substituents is 1. The van der Waals surface area contributed by atoms with Gasteiger partial charge in [-0.3, -0.25) is 19.2 Å². The van der Waals surface area contributed by atoms with E-state index in [9.17, 15) is 33.5 Å². The van der Waals surface area contributed by atoms with Gasteiger partial charge in [-0.1, -0.05) is 35.4 Å². The molecule has 2 aromatic rings. The average molecular weight is 638 g/mol. The highest BCUT2D eigenvalue weighted by Gasteiger charge is 2.67. The summed E-state index contributed by atoms with van der Waals surface area (Å²) in [5, 5.41) is 10.1. The van der Waals surface area contributed by atoms with Crippen molar-refractivity contribution < 1.29 is 42.9 Å². The van der Waals surface area contributed by atoms with Gasteiger partial charge < -0.3 is 20.3 Å². The van der Waals surface area contributed by atoms with Crippen LogP contribution < -0.4 is 20.1 Å². The van der Waals surface area contributed by atoms with Crippen molar-refractivity contribution in [3.05, 3.63) is 64.5 Å². The van der Waals surface area contributed by atoms with Crippen LogP contribution in [0.25, 0.3) is 6.08 Å².